The molecule has 0 aliphatic carbocycles. The second-order valence-corrected chi connectivity index (χ2v) is 5.48. The van der Waals surface area contributed by atoms with Crippen LogP contribution in [0.15, 0.2) is 12.4 Å². The minimum Gasteiger partial charge on any atom is -0.369 e. The molecule has 0 saturated carbocycles. The third kappa shape index (κ3) is 5.49. The molecule has 1 heterocycles. The standard InChI is InChI=1S/C12H23N5/c1-9(6-13)17-11-5-10(15-8-16-11)14-7-12(2,3)4/h5,8-9H,6-7,13H2,1-4H3,(H2,14,15,16,17). The van der Waals surface area contributed by atoms with Crippen LogP contribution in [0, 0.1) is 5.41 Å². The van der Waals surface area contributed by atoms with E-state index in [0.29, 0.717) is 6.54 Å². The smallest absolute Gasteiger partial charge is 0.131 e. The Hall–Kier alpha value is -1.36. The highest BCUT2D eigenvalue weighted by Crippen LogP contribution is 2.15. The number of nitrogens with zero attached hydrogens (tertiary/aromatic N) is 2. The summed E-state index contributed by atoms with van der Waals surface area (Å²) in [5.41, 5.74) is 5.78. The Morgan fingerprint density at radius 3 is 2.53 bits per heavy atom. The number of anilines is 2. The Morgan fingerprint density at radius 1 is 1.29 bits per heavy atom. The van der Waals surface area contributed by atoms with Crippen LogP contribution >= 0.6 is 0 Å². The lowest BCUT2D eigenvalue weighted by Crippen LogP contribution is -2.26. The third-order valence-electron chi connectivity index (χ3n) is 2.21. The summed E-state index contributed by atoms with van der Waals surface area (Å²) in [5, 5.41) is 6.51. The highest BCUT2D eigenvalue weighted by Gasteiger charge is 2.10. The van der Waals surface area contributed by atoms with Crippen LogP contribution in [0.3, 0.4) is 0 Å². The minimum absolute atomic E-state index is 0.209. The van der Waals surface area contributed by atoms with Crippen molar-refractivity contribution in [3.8, 4) is 0 Å². The van der Waals surface area contributed by atoms with Crippen molar-refractivity contribution in [2.75, 3.05) is 23.7 Å². The van der Waals surface area contributed by atoms with Gasteiger partial charge in [-0.15, -0.1) is 0 Å². The number of hydrogen-bond acceptors (Lipinski definition) is 5. The highest BCUT2D eigenvalue weighted by molar-refractivity contribution is 5.46. The van der Waals surface area contributed by atoms with Gasteiger partial charge in [-0.3, -0.25) is 0 Å². The van der Waals surface area contributed by atoms with Crippen LogP contribution in [0.5, 0.6) is 0 Å². The van der Waals surface area contributed by atoms with Crippen LogP contribution in [0.4, 0.5) is 11.6 Å². The first-order valence-corrected chi connectivity index (χ1v) is 5.93. The van der Waals surface area contributed by atoms with E-state index in [1.54, 1.807) is 6.33 Å². The van der Waals surface area contributed by atoms with Gasteiger partial charge in [-0.2, -0.15) is 0 Å². The predicted octanol–water partition coefficient (Wildman–Crippen LogP) is 1.69. The monoisotopic (exact) mass is 237 g/mol. The lowest BCUT2D eigenvalue weighted by atomic mass is 9.97. The van der Waals surface area contributed by atoms with Crippen molar-refractivity contribution in [3.05, 3.63) is 12.4 Å². The Labute approximate surface area is 103 Å². The molecule has 1 unspecified atom stereocenters. The van der Waals surface area contributed by atoms with Crippen molar-refractivity contribution in [3.63, 3.8) is 0 Å². The van der Waals surface area contributed by atoms with E-state index in [9.17, 15) is 0 Å². The topological polar surface area (TPSA) is 75.9 Å². The maximum Gasteiger partial charge on any atom is 0.131 e. The van der Waals surface area contributed by atoms with Crippen molar-refractivity contribution >= 4 is 11.6 Å². The third-order valence-corrected chi connectivity index (χ3v) is 2.21. The molecule has 0 saturated heterocycles. The normalized spacial score (nSPS) is 13.2. The maximum absolute atomic E-state index is 5.55. The molecule has 0 aliphatic heterocycles. The van der Waals surface area contributed by atoms with Crippen LogP contribution < -0.4 is 16.4 Å². The van der Waals surface area contributed by atoms with E-state index in [4.69, 9.17) is 5.73 Å². The van der Waals surface area contributed by atoms with Crippen LogP contribution in [-0.2, 0) is 0 Å². The molecule has 0 aromatic carbocycles. The molecule has 0 radical (unpaired) electrons. The molecule has 0 fully saturated rings. The second kappa shape index (κ2) is 5.82. The van der Waals surface area contributed by atoms with E-state index in [0.717, 1.165) is 18.2 Å². The summed E-state index contributed by atoms with van der Waals surface area (Å²) in [6.07, 6.45) is 1.55. The number of aromatic nitrogens is 2. The number of hydrogen-bond donors (Lipinski definition) is 3. The van der Waals surface area contributed by atoms with Gasteiger partial charge in [0.1, 0.15) is 18.0 Å². The summed E-state index contributed by atoms with van der Waals surface area (Å²) in [7, 11) is 0. The first kappa shape index (κ1) is 13.7. The maximum atomic E-state index is 5.55. The molecule has 0 spiro atoms. The van der Waals surface area contributed by atoms with Gasteiger partial charge in [-0.1, -0.05) is 20.8 Å². The molecule has 5 nitrogen and oxygen atoms in total. The highest BCUT2D eigenvalue weighted by atomic mass is 15.1. The van der Waals surface area contributed by atoms with E-state index in [1.807, 2.05) is 13.0 Å². The molecular formula is C12H23N5. The largest absolute Gasteiger partial charge is 0.369 e. The first-order chi connectivity index (χ1) is 7.90. The lowest BCUT2D eigenvalue weighted by molar-refractivity contribution is 0.442. The van der Waals surface area contributed by atoms with E-state index >= 15 is 0 Å². The molecule has 96 valence electrons. The lowest BCUT2D eigenvalue weighted by Gasteiger charge is -2.19. The van der Waals surface area contributed by atoms with Gasteiger partial charge in [0.2, 0.25) is 0 Å². The summed E-state index contributed by atoms with van der Waals surface area (Å²) < 4.78 is 0. The molecule has 1 rings (SSSR count). The summed E-state index contributed by atoms with van der Waals surface area (Å²) in [6, 6.07) is 2.11. The Morgan fingerprint density at radius 2 is 1.94 bits per heavy atom. The van der Waals surface area contributed by atoms with Crippen molar-refractivity contribution in [1.82, 2.24) is 9.97 Å². The van der Waals surface area contributed by atoms with E-state index < -0.39 is 0 Å². The Balaban J connectivity index is 2.60. The molecule has 1 aromatic heterocycles. The number of rotatable bonds is 5. The molecule has 0 aliphatic rings. The van der Waals surface area contributed by atoms with Gasteiger partial charge < -0.3 is 16.4 Å². The van der Waals surface area contributed by atoms with E-state index in [2.05, 4.69) is 41.4 Å². The van der Waals surface area contributed by atoms with Crippen LogP contribution in [0.2, 0.25) is 0 Å². The summed E-state index contributed by atoms with van der Waals surface area (Å²) in [4.78, 5) is 8.34. The molecule has 17 heavy (non-hydrogen) atoms. The van der Waals surface area contributed by atoms with Gasteiger partial charge in [0.15, 0.2) is 0 Å². The molecule has 1 atom stereocenters. The molecule has 5 heteroatoms. The fraction of sp³-hybridized carbons (Fsp3) is 0.667. The SMILES string of the molecule is CC(CN)Nc1cc(NCC(C)(C)C)ncn1. The van der Waals surface area contributed by atoms with Gasteiger partial charge >= 0.3 is 0 Å². The van der Waals surface area contributed by atoms with Crippen LogP contribution in [0.1, 0.15) is 27.7 Å². The molecule has 1 aromatic rings. The van der Waals surface area contributed by atoms with Crippen LogP contribution in [-0.4, -0.2) is 29.1 Å². The fourth-order valence-electron chi connectivity index (χ4n) is 1.20. The molecule has 0 bridgehead atoms. The summed E-state index contributed by atoms with van der Waals surface area (Å²) >= 11 is 0. The zero-order chi connectivity index (χ0) is 12.9. The van der Waals surface area contributed by atoms with Gasteiger partial charge in [-0.25, -0.2) is 9.97 Å². The van der Waals surface area contributed by atoms with Gasteiger partial charge in [0, 0.05) is 25.2 Å². The Bertz CT molecular complexity index is 345. The number of nitrogens with one attached hydrogen (secondary N) is 2. The number of nitrogens with two attached hydrogens (primary N) is 1. The fourth-order valence-corrected chi connectivity index (χ4v) is 1.20. The first-order valence-electron chi connectivity index (χ1n) is 5.93. The van der Waals surface area contributed by atoms with Crippen LogP contribution in [0.25, 0.3) is 0 Å². The average molecular weight is 237 g/mol. The summed E-state index contributed by atoms with van der Waals surface area (Å²) in [5.74, 6) is 1.64. The van der Waals surface area contributed by atoms with Gasteiger partial charge in [0.25, 0.3) is 0 Å². The predicted molar refractivity (Wildman–Crippen MR) is 72.1 cm³/mol. The molecular weight excluding hydrogens is 214 g/mol. The van der Waals surface area contributed by atoms with Gasteiger partial charge in [0.05, 0.1) is 0 Å². The van der Waals surface area contributed by atoms with E-state index in [1.165, 1.54) is 0 Å². The molecule has 4 N–H and O–H groups in total. The average Bonchev–Trinajstić information content (AvgIpc) is 2.26. The zero-order valence-electron chi connectivity index (χ0n) is 11.1. The van der Waals surface area contributed by atoms with Crippen molar-refractivity contribution < 1.29 is 0 Å². The Kier molecular flexibility index (Phi) is 4.69. The second-order valence-electron chi connectivity index (χ2n) is 5.48. The summed E-state index contributed by atoms with van der Waals surface area (Å²) in [6.45, 7) is 10.00. The van der Waals surface area contributed by atoms with E-state index in [-0.39, 0.29) is 11.5 Å². The minimum atomic E-state index is 0.209. The van der Waals surface area contributed by atoms with Gasteiger partial charge in [-0.05, 0) is 12.3 Å². The zero-order valence-corrected chi connectivity index (χ0v) is 11.1. The molecule has 0 amide bonds. The van der Waals surface area contributed by atoms with Crippen molar-refractivity contribution in [2.45, 2.75) is 33.7 Å². The quantitative estimate of drug-likeness (QED) is 0.726. The van der Waals surface area contributed by atoms with Crippen molar-refractivity contribution in [2.24, 2.45) is 11.1 Å². The van der Waals surface area contributed by atoms with Crippen molar-refractivity contribution in [1.29, 1.82) is 0 Å².